The Kier molecular flexibility index (Phi) is 8.58. The third-order valence-corrected chi connectivity index (χ3v) is 12.6. The van der Waals surface area contributed by atoms with Crippen LogP contribution in [0.3, 0.4) is 0 Å². The molecule has 10 aromatic rings. The van der Waals surface area contributed by atoms with Crippen molar-refractivity contribution in [3.63, 3.8) is 0 Å². The summed E-state index contributed by atoms with van der Waals surface area (Å²) in [6, 6.07) is 70.8. The van der Waals surface area contributed by atoms with Crippen LogP contribution >= 0.6 is 0 Å². The zero-order valence-corrected chi connectivity index (χ0v) is 33.4. The number of phenolic OH excluding ortho intramolecular Hbond substituents is 4. The van der Waals surface area contributed by atoms with Gasteiger partial charge in [0.05, 0.1) is 16.7 Å². The average Bonchev–Trinajstić information content (AvgIpc) is 3.63. The molecule has 5 nitrogen and oxygen atoms in total. The van der Waals surface area contributed by atoms with Crippen LogP contribution in [0.15, 0.2) is 212 Å². The summed E-state index contributed by atoms with van der Waals surface area (Å²) < 4.78 is 0. The number of para-hydroxylation sites is 1. The molecule has 5 heteroatoms. The molecule has 62 heavy (non-hydrogen) atoms. The van der Waals surface area contributed by atoms with Crippen molar-refractivity contribution in [2.45, 2.75) is 5.41 Å². The zero-order valence-electron chi connectivity index (χ0n) is 33.4. The molecule has 0 aromatic heterocycles. The minimum absolute atomic E-state index is 0.0708. The van der Waals surface area contributed by atoms with E-state index in [0.717, 1.165) is 66.1 Å². The van der Waals surface area contributed by atoms with Gasteiger partial charge in [-0.05, 0) is 90.3 Å². The monoisotopic (exact) mass is 801 g/mol. The van der Waals surface area contributed by atoms with Gasteiger partial charge < -0.3 is 25.3 Å². The van der Waals surface area contributed by atoms with Gasteiger partial charge in [-0.25, -0.2) is 0 Å². The molecule has 0 bridgehead atoms. The third kappa shape index (κ3) is 5.42. The Hall–Kier alpha value is -8.28. The topological polar surface area (TPSA) is 84.2 Å². The van der Waals surface area contributed by atoms with E-state index in [4.69, 9.17) is 0 Å². The molecule has 1 aliphatic rings. The molecule has 0 saturated carbocycles. The highest BCUT2D eigenvalue weighted by atomic mass is 16.3. The Morgan fingerprint density at radius 3 is 1.55 bits per heavy atom. The normalized spacial score (nSPS) is 12.6. The Bertz CT molecular complexity index is 3280. The Labute approximate surface area is 358 Å². The lowest BCUT2D eigenvalue weighted by Crippen LogP contribution is -2.28. The van der Waals surface area contributed by atoms with E-state index in [0.29, 0.717) is 16.9 Å². The number of hydrogen-bond acceptors (Lipinski definition) is 5. The molecule has 0 atom stereocenters. The Morgan fingerprint density at radius 1 is 0.355 bits per heavy atom. The van der Waals surface area contributed by atoms with Crippen molar-refractivity contribution in [3.05, 3.63) is 235 Å². The van der Waals surface area contributed by atoms with E-state index in [2.05, 4.69) is 84.9 Å². The number of aromatic hydroxyl groups is 4. The van der Waals surface area contributed by atoms with Gasteiger partial charge in [0.15, 0.2) is 23.0 Å². The smallest absolute Gasteiger partial charge is 0.186 e. The predicted octanol–water partition coefficient (Wildman–Crippen LogP) is 14.0. The molecule has 296 valence electrons. The van der Waals surface area contributed by atoms with E-state index in [1.54, 1.807) is 4.90 Å². The van der Waals surface area contributed by atoms with Gasteiger partial charge in [-0.3, -0.25) is 0 Å². The second kappa shape index (κ2) is 14.5. The van der Waals surface area contributed by atoms with Crippen LogP contribution < -0.4 is 4.90 Å². The first-order valence-electron chi connectivity index (χ1n) is 20.7. The number of rotatable bonds is 7. The molecular formula is C57H39NO4. The number of phenols is 4. The van der Waals surface area contributed by atoms with Gasteiger partial charge in [0.1, 0.15) is 5.69 Å². The SMILES string of the molecule is Oc1c(O)c(N(c2ccc3c(c2)C(c2ccccc2)(c2ccccc2)c2ccccc2-3)c2ccccc2-c2ccccc2)c(O)c(O)c1-c1cc2ccccc2c2ccccc12. The molecule has 10 aromatic carbocycles. The molecule has 0 aliphatic heterocycles. The van der Waals surface area contributed by atoms with Gasteiger partial charge in [0.25, 0.3) is 0 Å². The van der Waals surface area contributed by atoms with E-state index in [1.165, 1.54) is 0 Å². The molecule has 11 rings (SSSR count). The van der Waals surface area contributed by atoms with Gasteiger partial charge in [-0.2, -0.15) is 0 Å². The lowest BCUT2D eigenvalue weighted by atomic mass is 9.67. The zero-order chi connectivity index (χ0) is 42.0. The second-order valence-electron chi connectivity index (χ2n) is 15.8. The fourth-order valence-electron chi connectivity index (χ4n) is 9.90. The van der Waals surface area contributed by atoms with Crippen LogP contribution in [-0.4, -0.2) is 20.4 Å². The average molecular weight is 802 g/mol. The quantitative estimate of drug-likeness (QED) is 0.0733. The fourth-order valence-corrected chi connectivity index (χ4v) is 9.90. The largest absolute Gasteiger partial charge is 0.504 e. The number of hydrogen-bond donors (Lipinski definition) is 4. The van der Waals surface area contributed by atoms with Crippen molar-refractivity contribution in [2.75, 3.05) is 4.90 Å². The maximum absolute atomic E-state index is 12.5. The van der Waals surface area contributed by atoms with Crippen molar-refractivity contribution in [1.82, 2.24) is 0 Å². The van der Waals surface area contributed by atoms with Gasteiger partial charge in [0, 0.05) is 11.3 Å². The van der Waals surface area contributed by atoms with Crippen molar-refractivity contribution < 1.29 is 20.4 Å². The minimum Gasteiger partial charge on any atom is -0.504 e. The minimum atomic E-state index is -0.746. The summed E-state index contributed by atoms with van der Waals surface area (Å²) in [6.45, 7) is 0. The molecule has 0 radical (unpaired) electrons. The summed E-state index contributed by atoms with van der Waals surface area (Å²) in [5.41, 5.74) is 8.82. The maximum atomic E-state index is 12.5. The van der Waals surface area contributed by atoms with Gasteiger partial charge >= 0.3 is 0 Å². The van der Waals surface area contributed by atoms with Crippen molar-refractivity contribution in [2.24, 2.45) is 0 Å². The van der Waals surface area contributed by atoms with Crippen molar-refractivity contribution >= 4 is 38.6 Å². The first-order chi connectivity index (χ1) is 30.5. The molecule has 4 N–H and O–H groups in total. The second-order valence-corrected chi connectivity index (χ2v) is 15.8. The van der Waals surface area contributed by atoms with Crippen LogP contribution in [0.4, 0.5) is 17.1 Å². The number of fused-ring (bicyclic) bond motifs is 6. The first kappa shape index (κ1) is 36.8. The third-order valence-electron chi connectivity index (χ3n) is 12.6. The molecule has 0 amide bonds. The van der Waals surface area contributed by atoms with Crippen LogP contribution in [0.2, 0.25) is 0 Å². The molecule has 0 saturated heterocycles. The van der Waals surface area contributed by atoms with Crippen molar-refractivity contribution in [3.8, 4) is 56.4 Å². The molecule has 0 spiro atoms. The van der Waals surface area contributed by atoms with Gasteiger partial charge in [-0.15, -0.1) is 0 Å². The highest BCUT2D eigenvalue weighted by Gasteiger charge is 2.46. The van der Waals surface area contributed by atoms with Crippen LogP contribution in [0.25, 0.3) is 54.9 Å². The van der Waals surface area contributed by atoms with E-state index >= 15 is 0 Å². The summed E-state index contributed by atoms with van der Waals surface area (Å²) in [5, 5.41) is 53.2. The molecular weight excluding hydrogens is 763 g/mol. The molecule has 1 aliphatic carbocycles. The summed E-state index contributed by atoms with van der Waals surface area (Å²) in [4.78, 5) is 1.75. The highest BCUT2D eigenvalue weighted by Crippen LogP contribution is 2.62. The van der Waals surface area contributed by atoms with Gasteiger partial charge in [0.2, 0.25) is 0 Å². The lowest BCUT2D eigenvalue weighted by molar-refractivity contribution is 0.377. The highest BCUT2D eigenvalue weighted by molar-refractivity contribution is 6.15. The number of benzene rings is 10. The summed E-state index contributed by atoms with van der Waals surface area (Å²) >= 11 is 0. The standard InChI is InChI=1S/C57H39NO4/c59-53-51(47-34-37-20-10-11-25-41(37)43-27-12-13-28-44(43)47)54(60)56(62)52(55(53)61)58(50-31-17-15-26-42(50)36-18-4-1-5-19-36)40-32-33-46-45-29-14-16-30-48(45)57(49(46)35-40,38-21-6-2-7-22-38)39-23-8-3-9-24-39/h1-35,59-62H. The first-order valence-corrected chi connectivity index (χ1v) is 20.7. The van der Waals surface area contributed by atoms with E-state index in [1.807, 2.05) is 127 Å². The van der Waals surface area contributed by atoms with Crippen LogP contribution in [-0.2, 0) is 5.41 Å². The van der Waals surface area contributed by atoms with Crippen molar-refractivity contribution in [1.29, 1.82) is 0 Å². The van der Waals surface area contributed by atoms with Crippen LogP contribution in [0, 0.1) is 0 Å². The molecule has 0 heterocycles. The number of anilines is 3. The summed E-state index contributed by atoms with van der Waals surface area (Å²) in [6.07, 6.45) is 0. The maximum Gasteiger partial charge on any atom is 0.186 e. The lowest BCUT2D eigenvalue weighted by Gasteiger charge is -2.35. The predicted molar refractivity (Wildman–Crippen MR) is 251 cm³/mol. The Balaban J connectivity index is 1.22. The van der Waals surface area contributed by atoms with Crippen LogP contribution in [0.5, 0.6) is 23.0 Å². The van der Waals surface area contributed by atoms with E-state index in [9.17, 15) is 20.4 Å². The summed E-state index contributed by atoms with van der Waals surface area (Å²) in [5.74, 6) is -2.29. The van der Waals surface area contributed by atoms with Crippen LogP contribution in [0.1, 0.15) is 22.3 Å². The fraction of sp³-hybridized carbons (Fsp3) is 0.0175. The van der Waals surface area contributed by atoms with Gasteiger partial charge in [-0.1, -0.05) is 188 Å². The van der Waals surface area contributed by atoms with E-state index in [-0.39, 0.29) is 11.3 Å². The summed E-state index contributed by atoms with van der Waals surface area (Å²) in [7, 11) is 0. The Morgan fingerprint density at radius 2 is 0.871 bits per heavy atom. The number of nitrogens with zero attached hydrogens (tertiary/aromatic N) is 1. The van der Waals surface area contributed by atoms with E-state index < -0.39 is 28.4 Å². The molecule has 0 unspecified atom stereocenters. The molecule has 0 fully saturated rings.